The van der Waals surface area contributed by atoms with Gasteiger partial charge in [-0.25, -0.2) is 0 Å². The lowest BCUT2D eigenvalue weighted by Crippen LogP contribution is -2.69. The maximum absolute atomic E-state index is 12.0. The molecular weight excluding hydrogens is 208 g/mol. The monoisotopic (exact) mass is 228 g/mol. The number of carbonyl (C=O) groups excluding carboxylic acids is 2. The summed E-state index contributed by atoms with van der Waals surface area (Å²) in [6.07, 6.45) is 1.93. The van der Waals surface area contributed by atoms with Gasteiger partial charge in [0.15, 0.2) is 6.04 Å². The third kappa shape index (κ3) is 2.95. The Morgan fingerprint density at radius 1 is 1.50 bits per heavy atom. The number of aliphatic carboxylic acids is 1. The number of carboxylic acids is 1. The number of amides is 1. The van der Waals surface area contributed by atoms with Crippen LogP contribution in [0.1, 0.15) is 33.1 Å². The standard InChI is InChI=1S/C11H20N2O3/c1-7(2)6-8(12)10(14)13-5-3-4-9(13)11(15)16/h7-9H,3-6,12H2,1-2H3,(H,15,16). The van der Waals surface area contributed by atoms with Crippen molar-refractivity contribution < 1.29 is 20.4 Å². The SMILES string of the molecule is CC(C)CC([NH3+])C(=O)N1CCCC1C(=O)[O-]. The van der Waals surface area contributed by atoms with Crippen molar-refractivity contribution in [1.29, 1.82) is 0 Å². The van der Waals surface area contributed by atoms with E-state index in [1.54, 1.807) is 0 Å². The molecule has 0 spiro atoms. The fourth-order valence-electron chi connectivity index (χ4n) is 2.18. The van der Waals surface area contributed by atoms with Gasteiger partial charge in [-0.1, -0.05) is 13.8 Å². The van der Waals surface area contributed by atoms with E-state index in [0.717, 1.165) is 6.42 Å². The quantitative estimate of drug-likeness (QED) is 0.627. The zero-order valence-corrected chi connectivity index (χ0v) is 9.94. The van der Waals surface area contributed by atoms with E-state index in [0.29, 0.717) is 25.3 Å². The summed E-state index contributed by atoms with van der Waals surface area (Å²) in [7, 11) is 0. The maximum Gasteiger partial charge on any atom is 0.281 e. The lowest BCUT2D eigenvalue weighted by Gasteiger charge is -2.27. The lowest BCUT2D eigenvalue weighted by molar-refractivity contribution is -0.408. The van der Waals surface area contributed by atoms with Crippen molar-refractivity contribution in [2.75, 3.05) is 6.54 Å². The summed E-state index contributed by atoms with van der Waals surface area (Å²) < 4.78 is 0. The van der Waals surface area contributed by atoms with Crippen LogP contribution in [0, 0.1) is 5.92 Å². The number of nitrogens with zero attached hydrogens (tertiary/aromatic N) is 1. The Labute approximate surface area is 95.6 Å². The van der Waals surface area contributed by atoms with Crippen molar-refractivity contribution in [2.45, 2.75) is 45.2 Å². The molecule has 0 bridgehead atoms. The highest BCUT2D eigenvalue weighted by Gasteiger charge is 2.34. The van der Waals surface area contributed by atoms with Crippen LogP contribution >= 0.6 is 0 Å². The molecule has 1 aliphatic heterocycles. The molecule has 0 saturated carbocycles. The first kappa shape index (κ1) is 13.0. The van der Waals surface area contributed by atoms with Crippen LogP contribution in [-0.2, 0) is 9.59 Å². The molecule has 2 unspecified atom stereocenters. The minimum Gasteiger partial charge on any atom is -0.548 e. The van der Waals surface area contributed by atoms with E-state index < -0.39 is 12.0 Å². The molecule has 1 heterocycles. The second-order valence-corrected chi connectivity index (χ2v) is 4.84. The molecule has 92 valence electrons. The van der Waals surface area contributed by atoms with Gasteiger partial charge in [-0.2, -0.15) is 0 Å². The van der Waals surface area contributed by atoms with Crippen LogP contribution in [0.2, 0.25) is 0 Å². The predicted octanol–water partition coefficient (Wildman–Crippen LogP) is -1.62. The summed E-state index contributed by atoms with van der Waals surface area (Å²) in [6, 6.07) is -1.09. The highest BCUT2D eigenvalue weighted by atomic mass is 16.4. The molecule has 1 amide bonds. The number of hydrogen-bond acceptors (Lipinski definition) is 3. The van der Waals surface area contributed by atoms with E-state index in [4.69, 9.17) is 0 Å². The third-order valence-corrected chi connectivity index (χ3v) is 2.91. The molecule has 1 fully saturated rings. The molecule has 1 aliphatic rings. The first-order valence-electron chi connectivity index (χ1n) is 5.78. The van der Waals surface area contributed by atoms with E-state index in [9.17, 15) is 14.7 Å². The minimum atomic E-state index is -1.15. The van der Waals surface area contributed by atoms with Crippen LogP contribution in [0.5, 0.6) is 0 Å². The molecule has 3 N–H and O–H groups in total. The van der Waals surface area contributed by atoms with Gasteiger partial charge in [0.2, 0.25) is 0 Å². The summed E-state index contributed by atoms with van der Waals surface area (Å²) in [5.41, 5.74) is 3.81. The molecule has 1 rings (SSSR count). The van der Waals surface area contributed by atoms with E-state index in [1.165, 1.54) is 4.90 Å². The molecule has 2 atom stereocenters. The maximum atomic E-state index is 12.0. The van der Waals surface area contributed by atoms with Gasteiger partial charge in [0, 0.05) is 13.0 Å². The fourth-order valence-corrected chi connectivity index (χ4v) is 2.18. The summed E-state index contributed by atoms with van der Waals surface area (Å²) in [5.74, 6) is -0.918. The van der Waals surface area contributed by atoms with Gasteiger partial charge in [0.05, 0.1) is 12.0 Å². The van der Waals surface area contributed by atoms with Gasteiger partial charge in [-0.05, 0) is 18.8 Å². The van der Waals surface area contributed by atoms with Crippen LogP contribution in [0.3, 0.4) is 0 Å². The largest absolute Gasteiger partial charge is 0.548 e. The Hall–Kier alpha value is -1.10. The Balaban J connectivity index is 2.62. The normalized spacial score (nSPS) is 22.5. The van der Waals surface area contributed by atoms with Crippen LogP contribution < -0.4 is 10.8 Å². The summed E-state index contributed by atoms with van der Waals surface area (Å²) in [4.78, 5) is 24.2. The van der Waals surface area contributed by atoms with Gasteiger partial charge >= 0.3 is 0 Å². The van der Waals surface area contributed by atoms with E-state index in [1.807, 2.05) is 13.8 Å². The van der Waals surface area contributed by atoms with Crippen molar-refractivity contribution in [2.24, 2.45) is 5.92 Å². The molecule has 16 heavy (non-hydrogen) atoms. The first-order valence-corrected chi connectivity index (χ1v) is 5.78. The zero-order chi connectivity index (χ0) is 12.3. The molecule has 0 aromatic rings. The minimum absolute atomic E-state index is 0.152. The van der Waals surface area contributed by atoms with E-state index in [2.05, 4.69) is 5.73 Å². The molecular formula is C11H20N2O3. The molecule has 5 heteroatoms. The van der Waals surface area contributed by atoms with E-state index >= 15 is 0 Å². The number of carboxylic acid groups (broad SMARTS) is 1. The predicted molar refractivity (Wildman–Crippen MR) is 55.9 cm³/mol. The summed E-state index contributed by atoms with van der Waals surface area (Å²) >= 11 is 0. The number of likely N-dealkylation sites (tertiary alicyclic amines) is 1. The molecule has 5 nitrogen and oxygen atoms in total. The van der Waals surface area contributed by atoms with Gasteiger partial charge in [-0.15, -0.1) is 0 Å². The molecule has 1 saturated heterocycles. The van der Waals surface area contributed by atoms with Crippen LogP contribution in [0.15, 0.2) is 0 Å². The first-order chi connectivity index (χ1) is 7.43. The Morgan fingerprint density at radius 2 is 2.12 bits per heavy atom. The lowest BCUT2D eigenvalue weighted by atomic mass is 10.0. The Morgan fingerprint density at radius 3 is 2.62 bits per heavy atom. The zero-order valence-electron chi connectivity index (χ0n) is 9.94. The average Bonchev–Trinajstić information content (AvgIpc) is 2.63. The number of hydrogen-bond donors (Lipinski definition) is 1. The number of rotatable bonds is 4. The summed E-state index contributed by atoms with van der Waals surface area (Å²) in [5, 5.41) is 10.8. The van der Waals surface area contributed by atoms with E-state index in [-0.39, 0.29) is 11.9 Å². The van der Waals surface area contributed by atoms with Crippen molar-refractivity contribution in [1.82, 2.24) is 4.90 Å². The number of carbonyl (C=O) groups is 2. The van der Waals surface area contributed by atoms with Crippen molar-refractivity contribution in [3.05, 3.63) is 0 Å². The van der Waals surface area contributed by atoms with Gasteiger partial charge < -0.3 is 20.5 Å². The smallest absolute Gasteiger partial charge is 0.281 e. The average molecular weight is 228 g/mol. The molecule has 0 aromatic heterocycles. The van der Waals surface area contributed by atoms with Crippen molar-refractivity contribution in [3.8, 4) is 0 Å². The van der Waals surface area contributed by atoms with Crippen molar-refractivity contribution >= 4 is 11.9 Å². The van der Waals surface area contributed by atoms with Crippen LogP contribution in [0.25, 0.3) is 0 Å². The Bertz CT molecular complexity index is 278. The molecule has 0 radical (unpaired) electrons. The van der Waals surface area contributed by atoms with Gasteiger partial charge in [0.25, 0.3) is 5.91 Å². The van der Waals surface area contributed by atoms with Gasteiger partial charge in [-0.3, -0.25) is 4.79 Å². The van der Waals surface area contributed by atoms with Gasteiger partial charge in [0.1, 0.15) is 0 Å². The van der Waals surface area contributed by atoms with Crippen molar-refractivity contribution in [3.63, 3.8) is 0 Å². The summed E-state index contributed by atoms with van der Waals surface area (Å²) in [6.45, 7) is 4.55. The highest BCUT2D eigenvalue weighted by Crippen LogP contribution is 2.18. The molecule has 0 aliphatic carbocycles. The second kappa shape index (κ2) is 5.30. The molecule has 0 aromatic carbocycles. The topological polar surface area (TPSA) is 88.1 Å². The second-order valence-electron chi connectivity index (χ2n) is 4.84. The number of quaternary nitrogens is 1. The highest BCUT2D eigenvalue weighted by molar-refractivity contribution is 5.86. The third-order valence-electron chi connectivity index (χ3n) is 2.91. The Kier molecular flexibility index (Phi) is 4.29. The van der Waals surface area contributed by atoms with Crippen LogP contribution in [0.4, 0.5) is 0 Å². The fraction of sp³-hybridized carbons (Fsp3) is 0.818. The van der Waals surface area contributed by atoms with Crippen LogP contribution in [-0.4, -0.2) is 35.4 Å².